The molecule has 10 heteroatoms. The van der Waals surface area contributed by atoms with Gasteiger partial charge in [-0.1, -0.05) is 77.8 Å². The fourth-order valence-electron chi connectivity index (χ4n) is 6.98. The van der Waals surface area contributed by atoms with Crippen LogP contribution in [-0.4, -0.2) is 57.1 Å². The lowest BCUT2D eigenvalue weighted by Gasteiger charge is -2.41. The van der Waals surface area contributed by atoms with E-state index in [-0.39, 0.29) is 47.8 Å². The Morgan fingerprint density at radius 2 is 1.57 bits per heavy atom. The van der Waals surface area contributed by atoms with Gasteiger partial charge in [0.25, 0.3) is 0 Å². The third-order valence-corrected chi connectivity index (χ3v) is 9.83. The highest BCUT2D eigenvalue weighted by atomic mass is 19.1. The van der Waals surface area contributed by atoms with Crippen LogP contribution in [0.25, 0.3) is 11.1 Å². The third-order valence-electron chi connectivity index (χ3n) is 9.83. The molecule has 2 aromatic carbocycles. The fraction of sp³-hybridized carbons (Fsp3) is 0.535. The van der Waals surface area contributed by atoms with Crippen molar-refractivity contribution < 1.29 is 33.1 Å². The number of nitrogens with zero attached hydrogens (tertiary/aromatic N) is 2. The molecule has 1 heterocycles. The van der Waals surface area contributed by atoms with Gasteiger partial charge < -0.3 is 24.7 Å². The molecule has 1 aromatic heterocycles. The minimum absolute atomic E-state index is 0.104. The maximum atomic E-state index is 15.0. The molecule has 0 fully saturated rings. The number of carbonyl (C=O) groups excluding carboxylic acids is 4. The first-order valence-electron chi connectivity index (χ1n) is 19.0. The number of halogens is 2. The fourth-order valence-corrected chi connectivity index (χ4v) is 6.98. The van der Waals surface area contributed by atoms with Gasteiger partial charge >= 0.3 is 0 Å². The average Bonchev–Trinajstić information content (AvgIpc) is 3.49. The van der Waals surface area contributed by atoms with E-state index in [1.807, 2.05) is 69.5 Å². The zero-order chi connectivity index (χ0) is 39.3. The van der Waals surface area contributed by atoms with Crippen molar-refractivity contribution in [2.45, 2.75) is 118 Å². The van der Waals surface area contributed by atoms with Crippen LogP contribution in [0.5, 0.6) is 0 Å². The van der Waals surface area contributed by atoms with Crippen LogP contribution in [0.2, 0.25) is 0 Å². The summed E-state index contributed by atoms with van der Waals surface area (Å²) < 4.78 is 31.3. The minimum atomic E-state index is -0.715. The summed E-state index contributed by atoms with van der Waals surface area (Å²) in [6, 6.07) is 13.6. The molecule has 0 saturated carbocycles. The first-order chi connectivity index (χ1) is 25.0. The van der Waals surface area contributed by atoms with Crippen molar-refractivity contribution in [3.63, 3.8) is 0 Å². The molecular formula is C43H59F2N3O5. The summed E-state index contributed by atoms with van der Waals surface area (Å²) in [5.41, 5.74) is 1.70. The molecule has 0 saturated heterocycles. The van der Waals surface area contributed by atoms with E-state index in [4.69, 9.17) is 0 Å². The van der Waals surface area contributed by atoms with Gasteiger partial charge in [-0.25, -0.2) is 8.78 Å². The number of ketones is 2. The summed E-state index contributed by atoms with van der Waals surface area (Å²) in [5, 5.41) is 13.0. The molecule has 290 valence electrons. The van der Waals surface area contributed by atoms with E-state index in [0.717, 1.165) is 43.0 Å². The Labute approximate surface area is 314 Å². The van der Waals surface area contributed by atoms with Gasteiger partial charge in [0.2, 0.25) is 11.8 Å². The maximum Gasteiger partial charge on any atom is 0.248 e. The molecule has 0 aliphatic rings. The summed E-state index contributed by atoms with van der Waals surface area (Å²) >= 11 is 0. The quantitative estimate of drug-likeness (QED) is 0.107. The third kappa shape index (κ3) is 13.0. The van der Waals surface area contributed by atoms with Gasteiger partial charge in [0.05, 0.1) is 12.1 Å². The van der Waals surface area contributed by atoms with Crippen LogP contribution >= 0.6 is 0 Å². The van der Waals surface area contributed by atoms with Crippen molar-refractivity contribution in [3.8, 4) is 11.1 Å². The van der Waals surface area contributed by atoms with E-state index in [0.29, 0.717) is 43.5 Å². The van der Waals surface area contributed by atoms with Gasteiger partial charge in [-0.05, 0) is 80.7 Å². The molecule has 3 aromatic rings. The summed E-state index contributed by atoms with van der Waals surface area (Å²) in [6.45, 7) is 13.2. The number of nitrogens with one attached hydrogen (secondary N) is 1. The maximum absolute atomic E-state index is 15.0. The number of rotatable bonds is 21. The van der Waals surface area contributed by atoms with Crippen molar-refractivity contribution in [1.29, 1.82) is 0 Å². The van der Waals surface area contributed by atoms with E-state index in [1.54, 1.807) is 31.0 Å². The van der Waals surface area contributed by atoms with Crippen molar-refractivity contribution in [3.05, 3.63) is 83.7 Å². The number of benzene rings is 2. The molecule has 2 N–H and O–H groups in total. The number of aliphatic hydroxyl groups excluding tert-OH is 1. The Morgan fingerprint density at radius 1 is 0.887 bits per heavy atom. The van der Waals surface area contributed by atoms with Crippen molar-refractivity contribution in [2.24, 2.45) is 17.3 Å². The van der Waals surface area contributed by atoms with Crippen LogP contribution in [0.15, 0.2) is 60.8 Å². The second-order valence-corrected chi connectivity index (χ2v) is 15.7. The first-order valence-corrected chi connectivity index (χ1v) is 19.0. The van der Waals surface area contributed by atoms with E-state index in [2.05, 4.69) is 5.32 Å². The topological polar surface area (TPSA) is 109 Å². The van der Waals surface area contributed by atoms with E-state index in [1.165, 1.54) is 0 Å². The molecule has 0 aliphatic heterocycles. The number of Topliss-reactive ketones (excluding diaryl/α,β-unsaturated/α-hetero) is 2. The van der Waals surface area contributed by atoms with Gasteiger partial charge in [0.1, 0.15) is 24.0 Å². The van der Waals surface area contributed by atoms with Crippen LogP contribution in [0.1, 0.15) is 117 Å². The Kier molecular flexibility index (Phi) is 16.6. The number of aromatic nitrogens is 1. The minimum Gasteiger partial charge on any atom is -0.387 e. The van der Waals surface area contributed by atoms with Gasteiger partial charge in [-0.3, -0.25) is 14.4 Å². The Bertz CT molecular complexity index is 1660. The zero-order valence-corrected chi connectivity index (χ0v) is 32.6. The van der Waals surface area contributed by atoms with Crippen LogP contribution < -0.4 is 5.32 Å². The molecule has 2 amide bonds. The molecular weight excluding hydrogens is 676 g/mol. The lowest BCUT2D eigenvalue weighted by molar-refractivity contribution is -0.139. The number of amides is 2. The molecule has 53 heavy (non-hydrogen) atoms. The predicted molar refractivity (Wildman–Crippen MR) is 205 cm³/mol. The number of unbranched alkanes of at least 4 members (excludes halogenated alkanes) is 3. The second-order valence-electron chi connectivity index (χ2n) is 15.7. The summed E-state index contributed by atoms with van der Waals surface area (Å²) in [4.78, 5) is 52.6. The van der Waals surface area contributed by atoms with E-state index >= 15 is 4.39 Å². The molecule has 0 spiro atoms. The highest BCUT2D eigenvalue weighted by Crippen LogP contribution is 2.41. The second kappa shape index (κ2) is 20.3. The van der Waals surface area contributed by atoms with E-state index < -0.39 is 41.6 Å². The lowest BCUT2D eigenvalue weighted by atomic mass is 9.82. The van der Waals surface area contributed by atoms with Crippen molar-refractivity contribution in [2.75, 3.05) is 13.2 Å². The van der Waals surface area contributed by atoms with Gasteiger partial charge in [0.15, 0.2) is 5.78 Å². The monoisotopic (exact) mass is 735 g/mol. The van der Waals surface area contributed by atoms with E-state index in [9.17, 15) is 28.7 Å². The first kappa shape index (κ1) is 43.2. The van der Waals surface area contributed by atoms with Crippen LogP contribution in [0.3, 0.4) is 0 Å². The molecule has 3 rings (SSSR count). The molecule has 0 bridgehead atoms. The molecule has 8 nitrogen and oxygen atoms in total. The predicted octanol–water partition coefficient (Wildman–Crippen LogP) is 8.45. The SMILES string of the molecule is CC(=O)CCCCC[C@H](C(=O)N[C@@H](C)C(=O)CCCCN(C(=O)CO)[C@@H](c1cc(-c2cc(F)ccc2F)cn1Cc1ccccc1)C(C)(C)C)C(C)C. The van der Waals surface area contributed by atoms with Crippen LogP contribution in [0.4, 0.5) is 8.78 Å². The van der Waals surface area contributed by atoms with Crippen molar-refractivity contribution >= 4 is 23.4 Å². The van der Waals surface area contributed by atoms with Gasteiger partial charge in [0, 0.05) is 54.9 Å². The van der Waals surface area contributed by atoms with Crippen LogP contribution in [-0.2, 0) is 25.7 Å². The number of hydrogen-bond donors (Lipinski definition) is 2. The zero-order valence-electron chi connectivity index (χ0n) is 32.6. The highest BCUT2D eigenvalue weighted by Gasteiger charge is 2.37. The molecule has 0 radical (unpaired) electrons. The normalized spacial score (nSPS) is 13.4. The molecule has 3 atom stereocenters. The van der Waals surface area contributed by atoms with Gasteiger partial charge in [-0.15, -0.1) is 0 Å². The van der Waals surface area contributed by atoms with Crippen LogP contribution in [0, 0.1) is 28.9 Å². The number of aliphatic hydroxyl groups is 1. The van der Waals surface area contributed by atoms with Crippen molar-refractivity contribution in [1.82, 2.24) is 14.8 Å². The Balaban J connectivity index is 1.77. The highest BCUT2D eigenvalue weighted by molar-refractivity contribution is 5.89. The number of hydrogen-bond acceptors (Lipinski definition) is 5. The lowest BCUT2D eigenvalue weighted by Crippen LogP contribution is -2.44. The summed E-state index contributed by atoms with van der Waals surface area (Å²) in [6.07, 6.45) is 6.66. The largest absolute Gasteiger partial charge is 0.387 e. The van der Waals surface area contributed by atoms with Gasteiger partial charge in [-0.2, -0.15) is 0 Å². The Hall–Kier alpha value is -4.18. The standard InChI is InChI=1S/C43H59F2N3O5/c1-29(2)35(19-13-8-10-16-30(3)50)42(53)46-31(4)39(51)20-14-15-23-48(40(52)28-49)41(43(5,6)7)38-24-33(36-25-34(44)21-22-37(36)45)27-47(38)26-32-17-11-9-12-18-32/h9,11-12,17-18,21-22,24-25,27,29,31,35,41,49H,8,10,13-16,19-20,23,26,28H2,1-7H3,(H,46,53)/t31-,35-,41-/m0/s1. The number of carbonyl (C=O) groups is 4. The molecule has 0 aliphatic carbocycles. The Morgan fingerprint density at radius 3 is 2.19 bits per heavy atom. The smallest absolute Gasteiger partial charge is 0.248 e. The summed E-state index contributed by atoms with van der Waals surface area (Å²) in [7, 11) is 0. The summed E-state index contributed by atoms with van der Waals surface area (Å²) in [5.74, 6) is -1.82. The average molecular weight is 736 g/mol. The molecule has 0 unspecified atom stereocenters.